The fourth-order valence-corrected chi connectivity index (χ4v) is 3.33. The van der Waals surface area contributed by atoms with E-state index in [4.69, 9.17) is 0 Å². The minimum absolute atomic E-state index is 0.0630. The van der Waals surface area contributed by atoms with Crippen molar-refractivity contribution in [3.63, 3.8) is 0 Å². The van der Waals surface area contributed by atoms with Crippen LogP contribution in [0.4, 0.5) is 5.69 Å². The van der Waals surface area contributed by atoms with Crippen LogP contribution in [-0.2, 0) is 11.3 Å². The van der Waals surface area contributed by atoms with Crippen molar-refractivity contribution in [2.75, 3.05) is 31.6 Å². The molecule has 0 spiro atoms. The lowest BCUT2D eigenvalue weighted by molar-refractivity contribution is -0.128. The van der Waals surface area contributed by atoms with E-state index in [0.29, 0.717) is 25.1 Å². The second kappa shape index (κ2) is 9.21. The molecule has 5 nitrogen and oxygen atoms in total. The second-order valence-corrected chi connectivity index (χ2v) is 6.99. The molecular formula is C22H27N3O2. The molecule has 27 heavy (non-hydrogen) atoms. The van der Waals surface area contributed by atoms with Crippen LogP contribution >= 0.6 is 0 Å². The summed E-state index contributed by atoms with van der Waals surface area (Å²) in [4.78, 5) is 28.2. The van der Waals surface area contributed by atoms with E-state index in [2.05, 4.69) is 29.4 Å². The van der Waals surface area contributed by atoms with Gasteiger partial charge in [-0.2, -0.15) is 0 Å². The summed E-state index contributed by atoms with van der Waals surface area (Å²) in [6, 6.07) is 17.8. The molecule has 1 aliphatic rings. The van der Waals surface area contributed by atoms with Crippen LogP contribution in [-0.4, -0.2) is 43.4 Å². The van der Waals surface area contributed by atoms with Gasteiger partial charge in [-0.05, 0) is 42.7 Å². The number of nitrogens with zero attached hydrogens (tertiary/aromatic N) is 2. The van der Waals surface area contributed by atoms with Crippen molar-refractivity contribution in [3.8, 4) is 0 Å². The number of nitrogens with one attached hydrogen (secondary N) is 1. The fraction of sp³-hybridized carbons (Fsp3) is 0.364. The van der Waals surface area contributed by atoms with Crippen molar-refractivity contribution in [1.29, 1.82) is 0 Å². The molecule has 142 valence electrons. The van der Waals surface area contributed by atoms with Gasteiger partial charge in [0.15, 0.2) is 0 Å². The van der Waals surface area contributed by atoms with Gasteiger partial charge in [-0.3, -0.25) is 9.59 Å². The summed E-state index contributed by atoms with van der Waals surface area (Å²) < 4.78 is 0. The largest absolute Gasteiger partial charge is 0.375 e. The van der Waals surface area contributed by atoms with Crippen molar-refractivity contribution in [2.45, 2.75) is 25.8 Å². The Hall–Kier alpha value is -2.82. The molecule has 1 aliphatic heterocycles. The van der Waals surface area contributed by atoms with E-state index in [1.165, 1.54) is 5.69 Å². The normalized spacial score (nSPS) is 13.7. The van der Waals surface area contributed by atoms with Gasteiger partial charge >= 0.3 is 0 Å². The number of para-hydroxylation sites is 1. The molecule has 0 unspecified atom stereocenters. The number of carbonyl (C=O) groups excluding carboxylic acids is 2. The first-order valence-corrected chi connectivity index (χ1v) is 9.54. The Bertz CT molecular complexity index is 776. The summed E-state index contributed by atoms with van der Waals surface area (Å²) in [5.74, 6) is 0.138. The number of carbonyl (C=O) groups is 2. The van der Waals surface area contributed by atoms with E-state index in [0.717, 1.165) is 31.5 Å². The van der Waals surface area contributed by atoms with Crippen LogP contribution in [0.1, 0.15) is 35.2 Å². The van der Waals surface area contributed by atoms with Crippen molar-refractivity contribution >= 4 is 17.5 Å². The molecule has 2 amide bonds. The number of rotatable bonds is 8. The highest BCUT2D eigenvalue weighted by Gasteiger charge is 2.20. The second-order valence-electron chi connectivity index (χ2n) is 6.99. The van der Waals surface area contributed by atoms with E-state index in [1.807, 2.05) is 47.4 Å². The van der Waals surface area contributed by atoms with Gasteiger partial charge in [0.2, 0.25) is 5.91 Å². The molecule has 1 fully saturated rings. The Morgan fingerprint density at radius 1 is 1.15 bits per heavy atom. The molecule has 0 radical (unpaired) electrons. The standard InChI is InChI=1S/C22H27N3O2/c1-24(20-10-3-2-4-11-20)14-7-13-23-22(27)19-9-5-8-18(16-19)17-25-15-6-12-21(25)26/h2-5,8-11,16H,6-7,12-15,17H2,1H3,(H,23,27). The number of amides is 2. The molecule has 1 saturated heterocycles. The Morgan fingerprint density at radius 3 is 2.70 bits per heavy atom. The lowest BCUT2D eigenvalue weighted by Crippen LogP contribution is -2.28. The summed E-state index contributed by atoms with van der Waals surface area (Å²) >= 11 is 0. The molecular weight excluding hydrogens is 338 g/mol. The van der Waals surface area contributed by atoms with Crippen molar-refractivity contribution in [1.82, 2.24) is 10.2 Å². The minimum Gasteiger partial charge on any atom is -0.375 e. The molecule has 2 aromatic rings. The average Bonchev–Trinajstić information content (AvgIpc) is 3.10. The van der Waals surface area contributed by atoms with Gasteiger partial charge in [-0.25, -0.2) is 0 Å². The van der Waals surface area contributed by atoms with E-state index in [1.54, 1.807) is 0 Å². The zero-order chi connectivity index (χ0) is 19.1. The van der Waals surface area contributed by atoms with Gasteiger partial charge in [-0.1, -0.05) is 30.3 Å². The first kappa shape index (κ1) is 19.0. The lowest BCUT2D eigenvalue weighted by Gasteiger charge is -2.19. The summed E-state index contributed by atoms with van der Waals surface area (Å²) in [6.45, 7) is 2.90. The molecule has 2 aromatic carbocycles. The van der Waals surface area contributed by atoms with Gasteiger partial charge < -0.3 is 15.1 Å². The number of hydrogen-bond donors (Lipinski definition) is 1. The molecule has 0 aromatic heterocycles. The van der Waals surface area contributed by atoms with Crippen LogP contribution in [0.15, 0.2) is 54.6 Å². The zero-order valence-electron chi connectivity index (χ0n) is 15.9. The number of benzene rings is 2. The molecule has 3 rings (SSSR count). The molecule has 0 bridgehead atoms. The van der Waals surface area contributed by atoms with Gasteiger partial charge in [0.25, 0.3) is 5.91 Å². The van der Waals surface area contributed by atoms with E-state index < -0.39 is 0 Å². The number of anilines is 1. The maximum Gasteiger partial charge on any atom is 0.251 e. The Balaban J connectivity index is 1.45. The zero-order valence-corrected chi connectivity index (χ0v) is 15.9. The van der Waals surface area contributed by atoms with Crippen LogP contribution in [0.25, 0.3) is 0 Å². The minimum atomic E-state index is -0.0630. The molecule has 0 saturated carbocycles. The van der Waals surface area contributed by atoms with Crippen LogP contribution in [0, 0.1) is 0 Å². The predicted octanol–water partition coefficient (Wildman–Crippen LogP) is 3.07. The SMILES string of the molecule is CN(CCCNC(=O)c1cccc(CN2CCCC2=O)c1)c1ccccc1. The van der Waals surface area contributed by atoms with Gasteiger partial charge in [0, 0.05) is 50.9 Å². The van der Waals surface area contributed by atoms with Gasteiger partial charge in [-0.15, -0.1) is 0 Å². The summed E-state index contributed by atoms with van der Waals surface area (Å²) in [7, 11) is 2.06. The Labute approximate surface area is 161 Å². The molecule has 0 aliphatic carbocycles. The molecule has 1 N–H and O–H groups in total. The summed E-state index contributed by atoms with van der Waals surface area (Å²) in [6.07, 6.45) is 2.44. The van der Waals surface area contributed by atoms with Crippen molar-refractivity contribution < 1.29 is 9.59 Å². The first-order valence-electron chi connectivity index (χ1n) is 9.54. The van der Waals surface area contributed by atoms with E-state index >= 15 is 0 Å². The fourth-order valence-electron chi connectivity index (χ4n) is 3.33. The van der Waals surface area contributed by atoms with Crippen molar-refractivity contribution in [3.05, 3.63) is 65.7 Å². The predicted molar refractivity (Wildman–Crippen MR) is 108 cm³/mol. The molecule has 5 heteroatoms. The van der Waals surface area contributed by atoms with Crippen LogP contribution in [0.2, 0.25) is 0 Å². The van der Waals surface area contributed by atoms with Crippen LogP contribution in [0.5, 0.6) is 0 Å². The van der Waals surface area contributed by atoms with Crippen LogP contribution < -0.4 is 10.2 Å². The quantitative estimate of drug-likeness (QED) is 0.732. The van der Waals surface area contributed by atoms with E-state index in [-0.39, 0.29) is 11.8 Å². The smallest absolute Gasteiger partial charge is 0.251 e. The number of likely N-dealkylation sites (tertiary alicyclic amines) is 1. The summed E-state index contributed by atoms with van der Waals surface area (Å²) in [5, 5.41) is 2.99. The lowest BCUT2D eigenvalue weighted by atomic mass is 10.1. The number of hydrogen-bond acceptors (Lipinski definition) is 3. The third-order valence-corrected chi connectivity index (χ3v) is 4.89. The third kappa shape index (κ3) is 5.33. The first-order chi connectivity index (χ1) is 13.1. The highest BCUT2D eigenvalue weighted by atomic mass is 16.2. The summed E-state index contributed by atoms with van der Waals surface area (Å²) in [5.41, 5.74) is 2.82. The molecule has 0 atom stereocenters. The van der Waals surface area contributed by atoms with Crippen molar-refractivity contribution in [2.24, 2.45) is 0 Å². The maximum absolute atomic E-state index is 12.4. The topological polar surface area (TPSA) is 52.7 Å². The maximum atomic E-state index is 12.4. The Morgan fingerprint density at radius 2 is 1.96 bits per heavy atom. The van der Waals surface area contributed by atoms with E-state index in [9.17, 15) is 9.59 Å². The van der Waals surface area contributed by atoms with Gasteiger partial charge in [0.1, 0.15) is 0 Å². The monoisotopic (exact) mass is 365 g/mol. The highest BCUT2D eigenvalue weighted by molar-refractivity contribution is 5.94. The Kier molecular flexibility index (Phi) is 6.47. The average molecular weight is 365 g/mol. The molecule has 1 heterocycles. The van der Waals surface area contributed by atoms with Gasteiger partial charge in [0.05, 0.1) is 0 Å². The third-order valence-electron chi connectivity index (χ3n) is 4.89. The van der Waals surface area contributed by atoms with Crippen LogP contribution in [0.3, 0.4) is 0 Å². The highest BCUT2D eigenvalue weighted by Crippen LogP contribution is 2.15.